The highest BCUT2D eigenvalue weighted by atomic mass is 16.2. The van der Waals surface area contributed by atoms with Crippen molar-refractivity contribution in [1.29, 1.82) is 0 Å². The number of fused-ring (bicyclic) bond motifs is 1. The number of aromatic nitrogens is 2. The molecule has 3 aromatic rings. The third kappa shape index (κ3) is 2.48. The van der Waals surface area contributed by atoms with Crippen LogP contribution in [-0.4, -0.2) is 16.1 Å². The number of H-pyrrole nitrogens is 1. The molecule has 0 spiro atoms. The molecule has 1 aliphatic rings. The van der Waals surface area contributed by atoms with Crippen LogP contribution in [0.25, 0.3) is 16.8 Å². The molecule has 0 unspecified atom stereocenters. The van der Waals surface area contributed by atoms with E-state index in [1.165, 1.54) is 0 Å². The highest BCUT2D eigenvalue weighted by Crippen LogP contribution is 2.31. The molecule has 1 aliphatic heterocycles. The van der Waals surface area contributed by atoms with Gasteiger partial charge < -0.3 is 10.6 Å². The van der Waals surface area contributed by atoms with E-state index < -0.39 is 0 Å². The van der Waals surface area contributed by atoms with Crippen molar-refractivity contribution in [3.8, 4) is 11.3 Å². The molecule has 2 aromatic carbocycles. The summed E-state index contributed by atoms with van der Waals surface area (Å²) in [5.74, 6) is 0.547. The van der Waals surface area contributed by atoms with E-state index in [4.69, 9.17) is 0 Å². The van der Waals surface area contributed by atoms with E-state index in [0.29, 0.717) is 11.4 Å². The van der Waals surface area contributed by atoms with Crippen LogP contribution in [0, 0.1) is 0 Å². The molecule has 0 fully saturated rings. The summed E-state index contributed by atoms with van der Waals surface area (Å²) in [6, 6.07) is 19.5. The molecule has 4 rings (SSSR count). The first-order chi connectivity index (χ1) is 11.3. The molecule has 3 N–H and O–H groups in total. The van der Waals surface area contributed by atoms with Crippen LogP contribution in [0.1, 0.15) is 5.56 Å². The van der Waals surface area contributed by atoms with Crippen molar-refractivity contribution in [2.75, 3.05) is 10.6 Å². The van der Waals surface area contributed by atoms with Gasteiger partial charge in [0.2, 0.25) is 0 Å². The number of aromatic amines is 1. The summed E-state index contributed by atoms with van der Waals surface area (Å²) in [7, 11) is 0. The molecule has 0 aliphatic carbocycles. The Morgan fingerprint density at radius 3 is 2.65 bits per heavy atom. The number of carbonyl (C=O) groups excluding carboxylic acids is 1. The lowest BCUT2D eigenvalue weighted by atomic mass is 10.1. The molecular weight excluding hydrogens is 288 g/mol. The maximum atomic E-state index is 12.0. The minimum Gasteiger partial charge on any atom is -0.344 e. The van der Waals surface area contributed by atoms with Gasteiger partial charge in [-0.3, -0.25) is 9.89 Å². The van der Waals surface area contributed by atoms with E-state index in [1.54, 1.807) is 6.20 Å². The minimum atomic E-state index is -0.113. The highest BCUT2D eigenvalue weighted by Gasteiger charge is 2.23. The van der Waals surface area contributed by atoms with Crippen molar-refractivity contribution in [1.82, 2.24) is 10.2 Å². The molecule has 5 heteroatoms. The second-order valence-corrected chi connectivity index (χ2v) is 5.23. The highest BCUT2D eigenvalue weighted by molar-refractivity contribution is 6.31. The van der Waals surface area contributed by atoms with Crippen molar-refractivity contribution in [3.05, 3.63) is 72.4 Å². The standard InChI is InChI=1S/C18H14N4O/c23-18-14(13-8-4-5-9-15(13)20-18)11-19-17-10-16(21-22-17)12-6-2-1-3-7-12/h1-11H,(H,20,23)(H2,19,21,22)/b14-11+. The van der Waals surface area contributed by atoms with Crippen molar-refractivity contribution < 1.29 is 4.79 Å². The molecule has 2 heterocycles. The average molecular weight is 302 g/mol. The second-order valence-electron chi connectivity index (χ2n) is 5.23. The SMILES string of the molecule is O=C1Nc2ccccc2/C1=C\Nc1cc(-c2ccccc2)[nH]n1. The van der Waals surface area contributed by atoms with E-state index in [2.05, 4.69) is 20.8 Å². The van der Waals surface area contributed by atoms with Gasteiger partial charge in [0.1, 0.15) is 0 Å². The van der Waals surface area contributed by atoms with E-state index in [9.17, 15) is 4.79 Å². The van der Waals surface area contributed by atoms with Crippen LogP contribution < -0.4 is 10.6 Å². The first kappa shape index (κ1) is 13.3. The number of benzene rings is 2. The fourth-order valence-electron chi connectivity index (χ4n) is 2.59. The van der Waals surface area contributed by atoms with Gasteiger partial charge in [-0.25, -0.2) is 0 Å². The molecule has 0 saturated carbocycles. The molecule has 112 valence electrons. The summed E-state index contributed by atoms with van der Waals surface area (Å²) < 4.78 is 0. The Balaban J connectivity index is 1.58. The lowest BCUT2D eigenvalue weighted by Crippen LogP contribution is -2.05. The number of rotatable bonds is 3. The maximum Gasteiger partial charge on any atom is 0.257 e. The number of nitrogens with zero attached hydrogens (tertiary/aromatic N) is 1. The number of nitrogens with one attached hydrogen (secondary N) is 3. The minimum absolute atomic E-state index is 0.113. The summed E-state index contributed by atoms with van der Waals surface area (Å²) in [6.45, 7) is 0. The average Bonchev–Trinajstić information content (AvgIpc) is 3.18. The van der Waals surface area contributed by atoms with Crippen LogP contribution in [0.15, 0.2) is 66.9 Å². The molecule has 1 aromatic heterocycles. The lowest BCUT2D eigenvalue weighted by molar-refractivity contribution is -0.110. The number of anilines is 2. The fourth-order valence-corrected chi connectivity index (χ4v) is 2.59. The first-order valence-electron chi connectivity index (χ1n) is 7.29. The van der Waals surface area contributed by atoms with Gasteiger partial charge in [0, 0.05) is 23.5 Å². The van der Waals surface area contributed by atoms with Crippen LogP contribution in [-0.2, 0) is 4.79 Å². The smallest absolute Gasteiger partial charge is 0.257 e. The number of carbonyl (C=O) groups is 1. The zero-order valence-corrected chi connectivity index (χ0v) is 12.2. The predicted molar refractivity (Wildman–Crippen MR) is 90.7 cm³/mol. The Hall–Kier alpha value is -3.34. The molecule has 0 radical (unpaired) electrons. The van der Waals surface area contributed by atoms with E-state index in [1.807, 2.05) is 60.7 Å². The lowest BCUT2D eigenvalue weighted by Gasteiger charge is -1.98. The van der Waals surface area contributed by atoms with Gasteiger partial charge >= 0.3 is 0 Å². The zero-order chi connectivity index (χ0) is 15.6. The monoisotopic (exact) mass is 302 g/mol. The van der Waals surface area contributed by atoms with Gasteiger partial charge in [-0.15, -0.1) is 0 Å². The van der Waals surface area contributed by atoms with Crippen molar-refractivity contribution in [2.45, 2.75) is 0 Å². The normalized spacial score (nSPS) is 14.6. The molecule has 23 heavy (non-hydrogen) atoms. The zero-order valence-electron chi connectivity index (χ0n) is 12.2. The third-order valence-electron chi connectivity index (χ3n) is 3.74. The van der Waals surface area contributed by atoms with Crippen LogP contribution in [0.5, 0.6) is 0 Å². The van der Waals surface area contributed by atoms with Crippen LogP contribution in [0.2, 0.25) is 0 Å². The molecule has 1 amide bonds. The van der Waals surface area contributed by atoms with Gasteiger partial charge in [-0.2, -0.15) is 5.10 Å². The molecule has 5 nitrogen and oxygen atoms in total. The summed E-state index contributed by atoms with van der Waals surface area (Å²) in [4.78, 5) is 12.0. The second kappa shape index (κ2) is 5.46. The van der Waals surface area contributed by atoms with E-state index in [-0.39, 0.29) is 5.91 Å². The quantitative estimate of drug-likeness (QED) is 0.649. The Labute approximate surface area is 133 Å². The predicted octanol–water partition coefficient (Wildman–Crippen LogP) is 3.48. The van der Waals surface area contributed by atoms with Crippen molar-refractivity contribution in [3.63, 3.8) is 0 Å². The van der Waals surface area contributed by atoms with Crippen LogP contribution in [0.4, 0.5) is 11.5 Å². The molecule has 0 atom stereocenters. The Morgan fingerprint density at radius 1 is 1.00 bits per heavy atom. The summed E-state index contributed by atoms with van der Waals surface area (Å²) >= 11 is 0. The van der Waals surface area contributed by atoms with Gasteiger partial charge in [0.05, 0.1) is 11.3 Å². The number of hydrogen-bond acceptors (Lipinski definition) is 3. The Bertz CT molecular complexity index is 896. The van der Waals surface area contributed by atoms with E-state index >= 15 is 0 Å². The largest absolute Gasteiger partial charge is 0.344 e. The van der Waals surface area contributed by atoms with Gasteiger partial charge in [0.25, 0.3) is 5.91 Å². The Morgan fingerprint density at radius 2 is 1.78 bits per heavy atom. The summed E-state index contributed by atoms with van der Waals surface area (Å²) in [6.07, 6.45) is 1.69. The number of amides is 1. The summed E-state index contributed by atoms with van der Waals surface area (Å²) in [5, 5.41) is 13.1. The van der Waals surface area contributed by atoms with Gasteiger partial charge in [0.15, 0.2) is 5.82 Å². The maximum absolute atomic E-state index is 12.0. The molecule has 0 saturated heterocycles. The van der Waals surface area contributed by atoms with Crippen molar-refractivity contribution >= 4 is 23.0 Å². The molecular formula is C18H14N4O. The topological polar surface area (TPSA) is 69.8 Å². The van der Waals surface area contributed by atoms with Crippen molar-refractivity contribution in [2.24, 2.45) is 0 Å². The number of hydrogen-bond donors (Lipinski definition) is 3. The first-order valence-corrected chi connectivity index (χ1v) is 7.29. The van der Waals surface area contributed by atoms with Crippen LogP contribution in [0.3, 0.4) is 0 Å². The fraction of sp³-hybridized carbons (Fsp3) is 0. The van der Waals surface area contributed by atoms with Gasteiger partial charge in [-0.1, -0.05) is 48.5 Å². The van der Waals surface area contributed by atoms with E-state index in [0.717, 1.165) is 22.5 Å². The number of para-hydroxylation sites is 1. The van der Waals surface area contributed by atoms with Gasteiger partial charge in [-0.05, 0) is 11.6 Å². The Kier molecular flexibility index (Phi) is 3.16. The summed E-state index contributed by atoms with van der Waals surface area (Å²) in [5.41, 5.74) is 4.30. The third-order valence-corrected chi connectivity index (χ3v) is 3.74. The molecule has 0 bridgehead atoms. The van der Waals surface area contributed by atoms with Crippen LogP contribution >= 0.6 is 0 Å².